The van der Waals surface area contributed by atoms with Crippen LogP contribution in [0.15, 0.2) is 53.5 Å². The van der Waals surface area contributed by atoms with Gasteiger partial charge >= 0.3 is 0 Å². The molecule has 2 aromatic rings. The number of hydrogen-bond donors (Lipinski definition) is 4. The van der Waals surface area contributed by atoms with Gasteiger partial charge in [0.05, 0.1) is 6.54 Å². The molecule has 0 aliphatic rings. The second-order valence-corrected chi connectivity index (χ2v) is 5.87. The van der Waals surface area contributed by atoms with Crippen LogP contribution in [-0.4, -0.2) is 36.6 Å². The van der Waals surface area contributed by atoms with Crippen LogP contribution in [0.3, 0.4) is 0 Å². The van der Waals surface area contributed by atoms with Crippen LogP contribution in [0, 0.1) is 5.82 Å². The van der Waals surface area contributed by atoms with Crippen LogP contribution >= 0.6 is 24.0 Å². The van der Waals surface area contributed by atoms with Crippen LogP contribution < -0.4 is 16.0 Å². The number of halogens is 2. The van der Waals surface area contributed by atoms with Crippen molar-refractivity contribution in [3.8, 4) is 5.75 Å². The van der Waals surface area contributed by atoms with Gasteiger partial charge in [0, 0.05) is 30.8 Å². The lowest BCUT2D eigenvalue weighted by Gasteiger charge is -2.12. The molecule has 6 nitrogen and oxygen atoms in total. The van der Waals surface area contributed by atoms with E-state index in [0.29, 0.717) is 43.1 Å². The van der Waals surface area contributed by atoms with E-state index in [2.05, 4.69) is 20.9 Å². The van der Waals surface area contributed by atoms with Gasteiger partial charge in [-0.15, -0.1) is 24.0 Å². The molecule has 0 unspecified atom stereocenters. The zero-order valence-electron chi connectivity index (χ0n) is 15.7. The number of aromatic hydroxyl groups is 1. The summed E-state index contributed by atoms with van der Waals surface area (Å²) in [5, 5.41) is 18.5. The molecule has 0 radical (unpaired) electrons. The van der Waals surface area contributed by atoms with Gasteiger partial charge in [-0.25, -0.2) is 9.38 Å². The molecule has 0 fully saturated rings. The third kappa shape index (κ3) is 8.12. The van der Waals surface area contributed by atoms with Gasteiger partial charge in [-0.3, -0.25) is 4.79 Å². The Morgan fingerprint density at radius 1 is 1.07 bits per heavy atom. The first kappa shape index (κ1) is 23.7. The molecule has 0 atom stereocenters. The first-order chi connectivity index (χ1) is 13.1. The van der Waals surface area contributed by atoms with Crippen molar-refractivity contribution in [2.45, 2.75) is 19.9 Å². The van der Waals surface area contributed by atoms with E-state index in [0.717, 1.165) is 0 Å². The Morgan fingerprint density at radius 3 is 2.54 bits per heavy atom. The monoisotopic (exact) mass is 500 g/mol. The lowest BCUT2D eigenvalue weighted by Crippen LogP contribution is -2.38. The average Bonchev–Trinajstić information content (AvgIpc) is 2.66. The maximum Gasteiger partial charge on any atom is 0.251 e. The second-order valence-electron chi connectivity index (χ2n) is 5.87. The van der Waals surface area contributed by atoms with E-state index in [4.69, 9.17) is 0 Å². The molecule has 2 aromatic carbocycles. The Hall–Kier alpha value is -2.36. The van der Waals surface area contributed by atoms with Gasteiger partial charge in [-0.2, -0.15) is 0 Å². The number of nitrogens with one attached hydrogen (secondary N) is 3. The van der Waals surface area contributed by atoms with Crippen LogP contribution in [0.25, 0.3) is 0 Å². The van der Waals surface area contributed by atoms with E-state index in [1.54, 1.807) is 30.3 Å². The molecule has 8 heteroatoms. The number of rotatable bonds is 8. The van der Waals surface area contributed by atoms with Gasteiger partial charge in [0.2, 0.25) is 0 Å². The highest BCUT2D eigenvalue weighted by Gasteiger charge is 2.05. The maximum absolute atomic E-state index is 13.7. The summed E-state index contributed by atoms with van der Waals surface area (Å²) in [4.78, 5) is 16.3. The van der Waals surface area contributed by atoms with Crippen molar-refractivity contribution in [2.75, 3.05) is 19.6 Å². The first-order valence-corrected chi connectivity index (χ1v) is 8.93. The smallest absolute Gasteiger partial charge is 0.251 e. The van der Waals surface area contributed by atoms with E-state index < -0.39 is 0 Å². The fourth-order valence-electron chi connectivity index (χ4n) is 2.38. The van der Waals surface area contributed by atoms with E-state index in [1.807, 2.05) is 6.92 Å². The summed E-state index contributed by atoms with van der Waals surface area (Å²) in [6.45, 7) is 3.97. The van der Waals surface area contributed by atoms with Crippen LogP contribution in [0.4, 0.5) is 4.39 Å². The summed E-state index contributed by atoms with van der Waals surface area (Å²) >= 11 is 0. The van der Waals surface area contributed by atoms with Crippen molar-refractivity contribution in [1.29, 1.82) is 0 Å². The summed E-state index contributed by atoms with van der Waals surface area (Å²) in [7, 11) is 0. The zero-order chi connectivity index (χ0) is 19.5. The topological polar surface area (TPSA) is 85.8 Å². The van der Waals surface area contributed by atoms with Crippen molar-refractivity contribution in [2.24, 2.45) is 4.99 Å². The molecule has 2 rings (SSSR count). The molecule has 28 heavy (non-hydrogen) atoms. The number of aliphatic imine (C=N–C) groups is 1. The summed E-state index contributed by atoms with van der Waals surface area (Å²) in [6.07, 6.45) is 0.689. The van der Waals surface area contributed by atoms with Gasteiger partial charge in [0.25, 0.3) is 5.91 Å². The number of benzene rings is 2. The minimum absolute atomic E-state index is 0. The highest BCUT2D eigenvalue weighted by molar-refractivity contribution is 14.0. The number of nitrogens with zero attached hydrogens (tertiary/aromatic N) is 1. The molecule has 152 valence electrons. The van der Waals surface area contributed by atoms with Gasteiger partial charge in [-0.05, 0) is 37.6 Å². The Balaban J connectivity index is 0.00000392. The lowest BCUT2D eigenvalue weighted by molar-refractivity contribution is 0.0953. The standard InChI is InChI=1S/C20H25FN4O2.HI/c1-2-22-20(25-14-16-7-3-4-10-18(16)21)24-12-6-11-23-19(27)15-8-5-9-17(26)13-15;/h3-5,7-10,13,26H,2,6,11-12,14H2,1H3,(H,23,27)(H2,22,24,25);1H. The van der Waals surface area contributed by atoms with Gasteiger partial charge in [-0.1, -0.05) is 24.3 Å². The third-order valence-electron chi connectivity index (χ3n) is 3.75. The van der Waals surface area contributed by atoms with Gasteiger partial charge in [0.15, 0.2) is 5.96 Å². The molecule has 0 saturated carbocycles. The van der Waals surface area contributed by atoms with E-state index in [-0.39, 0.29) is 48.0 Å². The van der Waals surface area contributed by atoms with Gasteiger partial charge in [0.1, 0.15) is 11.6 Å². The quantitative estimate of drug-likeness (QED) is 0.194. The highest BCUT2D eigenvalue weighted by Crippen LogP contribution is 2.10. The van der Waals surface area contributed by atoms with Crippen molar-refractivity contribution in [3.05, 3.63) is 65.5 Å². The Morgan fingerprint density at radius 2 is 1.82 bits per heavy atom. The van der Waals surface area contributed by atoms with Crippen LogP contribution in [0.5, 0.6) is 5.75 Å². The Labute approximate surface area is 181 Å². The number of hydrogen-bond acceptors (Lipinski definition) is 3. The summed E-state index contributed by atoms with van der Waals surface area (Å²) in [5.41, 5.74) is 0.954. The molecule has 0 bridgehead atoms. The average molecular weight is 500 g/mol. The maximum atomic E-state index is 13.7. The van der Waals surface area contributed by atoms with Crippen LogP contribution in [0.2, 0.25) is 0 Å². The molecule has 0 aliphatic heterocycles. The Kier molecular flexibility index (Phi) is 10.9. The second kappa shape index (κ2) is 12.9. The predicted octanol–water partition coefficient (Wildman–Crippen LogP) is 3.02. The number of guanidine groups is 1. The molecule has 4 N–H and O–H groups in total. The number of amides is 1. The minimum atomic E-state index is -0.272. The normalized spacial score (nSPS) is 10.7. The minimum Gasteiger partial charge on any atom is -0.508 e. The SMILES string of the molecule is CCNC(=NCc1ccccc1F)NCCCNC(=O)c1cccc(O)c1.I. The molecular formula is C20H26FIN4O2. The number of phenolic OH excluding ortho intramolecular Hbond substituents is 1. The Bertz CT molecular complexity index is 786. The fourth-order valence-corrected chi connectivity index (χ4v) is 2.38. The lowest BCUT2D eigenvalue weighted by atomic mass is 10.2. The number of phenols is 1. The van der Waals surface area contributed by atoms with Crippen molar-refractivity contribution in [1.82, 2.24) is 16.0 Å². The molecule has 0 aromatic heterocycles. The van der Waals surface area contributed by atoms with Crippen molar-refractivity contribution >= 4 is 35.8 Å². The summed E-state index contributed by atoms with van der Waals surface area (Å²) < 4.78 is 13.7. The largest absolute Gasteiger partial charge is 0.508 e. The van der Waals surface area contributed by atoms with E-state index in [9.17, 15) is 14.3 Å². The first-order valence-electron chi connectivity index (χ1n) is 8.93. The van der Waals surface area contributed by atoms with Crippen LogP contribution in [0.1, 0.15) is 29.3 Å². The zero-order valence-corrected chi connectivity index (χ0v) is 18.1. The van der Waals surface area contributed by atoms with Crippen molar-refractivity contribution in [3.63, 3.8) is 0 Å². The fraction of sp³-hybridized carbons (Fsp3) is 0.300. The number of carbonyl (C=O) groups excluding carboxylic acids is 1. The highest BCUT2D eigenvalue weighted by atomic mass is 127. The molecule has 0 heterocycles. The van der Waals surface area contributed by atoms with Crippen LogP contribution in [-0.2, 0) is 6.54 Å². The molecule has 0 saturated heterocycles. The summed E-state index contributed by atoms with van der Waals surface area (Å²) in [6, 6.07) is 12.8. The van der Waals surface area contributed by atoms with E-state index >= 15 is 0 Å². The third-order valence-corrected chi connectivity index (χ3v) is 3.75. The van der Waals surface area contributed by atoms with Gasteiger partial charge < -0.3 is 21.1 Å². The predicted molar refractivity (Wildman–Crippen MR) is 120 cm³/mol. The molecular weight excluding hydrogens is 474 g/mol. The molecule has 0 spiro atoms. The van der Waals surface area contributed by atoms with Crippen molar-refractivity contribution < 1.29 is 14.3 Å². The molecule has 0 aliphatic carbocycles. The van der Waals surface area contributed by atoms with E-state index in [1.165, 1.54) is 18.2 Å². The number of carbonyl (C=O) groups is 1. The molecule has 1 amide bonds. The summed E-state index contributed by atoms with van der Waals surface area (Å²) in [5.74, 6) is 0.156.